The van der Waals surface area contributed by atoms with Gasteiger partial charge in [0, 0.05) is 32.5 Å². The Bertz CT molecular complexity index is 540. The van der Waals surface area contributed by atoms with Gasteiger partial charge in [0.1, 0.15) is 5.82 Å². The normalized spacial score (nSPS) is 17.2. The highest BCUT2D eigenvalue weighted by molar-refractivity contribution is 5.66. The molecule has 0 unspecified atom stereocenters. The molecule has 0 aromatic carbocycles. The predicted molar refractivity (Wildman–Crippen MR) is 77.8 cm³/mol. The van der Waals surface area contributed by atoms with E-state index in [-0.39, 0.29) is 0 Å². The summed E-state index contributed by atoms with van der Waals surface area (Å²) < 4.78 is 2.05. The molecule has 3 rings (SSSR count). The molecule has 1 saturated heterocycles. The molecule has 0 amide bonds. The van der Waals surface area contributed by atoms with Crippen molar-refractivity contribution in [1.82, 2.24) is 14.4 Å². The van der Waals surface area contributed by atoms with Crippen LogP contribution in [0.15, 0.2) is 18.6 Å². The Morgan fingerprint density at radius 3 is 2.58 bits per heavy atom. The number of fused-ring (bicyclic) bond motifs is 1. The van der Waals surface area contributed by atoms with E-state index in [4.69, 9.17) is 4.98 Å². The van der Waals surface area contributed by atoms with Crippen LogP contribution in [0.5, 0.6) is 0 Å². The van der Waals surface area contributed by atoms with Crippen LogP contribution in [0, 0.1) is 0 Å². The maximum Gasteiger partial charge on any atom is 0.180 e. The van der Waals surface area contributed by atoms with E-state index in [0.29, 0.717) is 0 Å². The van der Waals surface area contributed by atoms with Crippen LogP contribution < -0.4 is 10.2 Å². The number of hydrogen-bond acceptors (Lipinski definition) is 4. The van der Waals surface area contributed by atoms with Crippen molar-refractivity contribution in [3.63, 3.8) is 0 Å². The van der Waals surface area contributed by atoms with Gasteiger partial charge in [0.2, 0.25) is 0 Å². The molecule has 0 saturated carbocycles. The smallest absolute Gasteiger partial charge is 0.180 e. The lowest BCUT2D eigenvalue weighted by atomic mass is 10.1. The van der Waals surface area contributed by atoms with Crippen molar-refractivity contribution >= 4 is 17.3 Å². The molecule has 19 heavy (non-hydrogen) atoms. The van der Waals surface area contributed by atoms with E-state index in [2.05, 4.69) is 15.2 Å². The van der Waals surface area contributed by atoms with Gasteiger partial charge in [-0.25, -0.2) is 9.97 Å². The highest BCUT2D eigenvalue weighted by Gasteiger charge is 2.15. The first kappa shape index (κ1) is 12.3. The van der Waals surface area contributed by atoms with Gasteiger partial charge in [0.05, 0.1) is 6.20 Å². The van der Waals surface area contributed by atoms with Crippen LogP contribution in [0.1, 0.15) is 32.1 Å². The van der Waals surface area contributed by atoms with Gasteiger partial charge in [0.15, 0.2) is 11.5 Å². The quantitative estimate of drug-likeness (QED) is 0.900. The van der Waals surface area contributed by atoms with Crippen LogP contribution in [0.2, 0.25) is 0 Å². The molecule has 1 aliphatic rings. The maximum atomic E-state index is 4.72. The average molecular weight is 259 g/mol. The van der Waals surface area contributed by atoms with Gasteiger partial charge in [-0.3, -0.25) is 0 Å². The molecule has 102 valence electrons. The second-order valence-corrected chi connectivity index (χ2v) is 5.11. The lowest BCUT2D eigenvalue weighted by Gasteiger charge is -2.26. The minimum atomic E-state index is 0.891. The topological polar surface area (TPSA) is 45.5 Å². The third-order valence-corrected chi connectivity index (χ3v) is 3.77. The number of imidazole rings is 1. The van der Waals surface area contributed by atoms with Crippen LogP contribution in [-0.4, -0.2) is 34.5 Å². The van der Waals surface area contributed by atoms with E-state index in [9.17, 15) is 0 Å². The average Bonchev–Trinajstić information content (AvgIpc) is 2.85. The van der Waals surface area contributed by atoms with Crippen molar-refractivity contribution in [2.75, 3.05) is 30.4 Å². The van der Waals surface area contributed by atoms with Crippen molar-refractivity contribution in [2.45, 2.75) is 32.1 Å². The number of rotatable bonds is 2. The van der Waals surface area contributed by atoms with E-state index >= 15 is 0 Å². The lowest BCUT2D eigenvalue weighted by Crippen LogP contribution is -2.28. The van der Waals surface area contributed by atoms with E-state index in [1.54, 1.807) is 0 Å². The molecule has 0 radical (unpaired) electrons. The van der Waals surface area contributed by atoms with Crippen LogP contribution in [0.25, 0.3) is 5.65 Å². The zero-order valence-corrected chi connectivity index (χ0v) is 11.5. The molecule has 2 aromatic rings. The van der Waals surface area contributed by atoms with E-state index in [0.717, 1.165) is 30.4 Å². The highest BCUT2D eigenvalue weighted by Crippen LogP contribution is 2.23. The molecular weight excluding hydrogens is 238 g/mol. The molecule has 1 aliphatic heterocycles. The monoisotopic (exact) mass is 259 g/mol. The zero-order chi connectivity index (χ0) is 13.1. The summed E-state index contributed by atoms with van der Waals surface area (Å²) in [7, 11) is 1.91. The molecule has 0 bridgehead atoms. The summed E-state index contributed by atoms with van der Waals surface area (Å²) in [5, 5.41) is 3.13. The second kappa shape index (κ2) is 5.47. The fraction of sp³-hybridized carbons (Fsp3) is 0.571. The Kier molecular flexibility index (Phi) is 3.53. The summed E-state index contributed by atoms with van der Waals surface area (Å²) in [4.78, 5) is 11.6. The Morgan fingerprint density at radius 2 is 1.84 bits per heavy atom. The maximum absolute atomic E-state index is 4.72. The number of nitrogens with zero attached hydrogens (tertiary/aromatic N) is 4. The molecule has 5 nitrogen and oxygen atoms in total. The fourth-order valence-corrected chi connectivity index (χ4v) is 2.71. The van der Waals surface area contributed by atoms with Crippen molar-refractivity contribution in [3.05, 3.63) is 18.6 Å². The van der Waals surface area contributed by atoms with Gasteiger partial charge in [-0.2, -0.15) is 0 Å². The van der Waals surface area contributed by atoms with Gasteiger partial charge in [0.25, 0.3) is 0 Å². The molecule has 1 fully saturated rings. The van der Waals surface area contributed by atoms with Crippen LogP contribution in [0.3, 0.4) is 0 Å². The summed E-state index contributed by atoms with van der Waals surface area (Å²) in [6.07, 6.45) is 12.3. The van der Waals surface area contributed by atoms with E-state index in [1.807, 2.05) is 30.0 Å². The van der Waals surface area contributed by atoms with Gasteiger partial charge in [-0.1, -0.05) is 19.3 Å². The molecule has 5 heteroatoms. The zero-order valence-electron chi connectivity index (χ0n) is 11.5. The molecule has 0 aliphatic carbocycles. The fourth-order valence-electron chi connectivity index (χ4n) is 2.71. The summed E-state index contributed by atoms with van der Waals surface area (Å²) in [6.45, 7) is 2.17. The standard InChI is InChI=1S/C14H21N5/c1-15-12-11-19-10-7-16-13(19)14(17-12)18-8-5-3-2-4-6-9-18/h7,10-11,15H,2-6,8-9H2,1H3. The molecule has 3 heterocycles. The van der Waals surface area contributed by atoms with Crippen LogP contribution >= 0.6 is 0 Å². The van der Waals surface area contributed by atoms with Crippen LogP contribution in [0.4, 0.5) is 11.6 Å². The summed E-state index contributed by atoms with van der Waals surface area (Å²) >= 11 is 0. The third-order valence-electron chi connectivity index (χ3n) is 3.77. The Labute approximate surface area is 113 Å². The van der Waals surface area contributed by atoms with Crippen molar-refractivity contribution in [1.29, 1.82) is 0 Å². The van der Waals surface area contributed by atoms with Gasteiger partial charge < -0.3 is 14.6 Å². The molecule has 0 atom stereocenters. The lowest BCUT2D eigenvalue weighted by molar-refractivity contribution is 0.554. The first-order chi connectivity index (χ1) is 9.38. The largest absolute Gasteiger partial charge is 0.372 e. The number of nitrogens with one attached hydrogen (secondary N) is 1. The Hall–Kier alpha value is -1.78. The predicted octanol–water partition coefficient (Wildman–Crippen LogP) is 2.54. The highest BCUT2D eigenvalue weighted by atomic mass is 15.2. The van der Waals surface area contributed by atoms with E-state index in [1.165, 1.54) is 32.1 Å². The molecule has 2 aromatic heterocycles. The number of anilines is 2. The van der Waals surface area contributed by atoms with E-state index < -0.39 is 0 Å². The summed E-state index contributed by atoms with van der Waals surface area (Å²) in [5.74, 6) is 1.90. The first-order valence-electron chi connectivity index (χ1n) is 7.15. The summed E-state index contributed by atoms with van der Waals surface area (Å²) in [6, 6.07) is 0. The molecule has 0 spiro atoms. The minimum absolute atomic E-state index is 0.891. The Balaban J connectivity index is 1.98. The Morgan fingerprint density at radius 1 is 1.11 bits per heavy atom. The SMILES string of the molecule is CNc1cn2ccnc2c(N2CCCCCCC2)n1. The second-order valence-electron chi connectivity index (χ2n) is 5.11. The van der Waals surface area contributed by atoms with Crippen LogP contribution in [-0.2, 0) is 0 Å². The summed E-state index contributed by atoms with van der Waals surface area (Å²) in [5.41, 5.74) is 0.958. The van der Waals surface area contributed by atoms with Gasteiger partial charge in [-0.05, 0) is 12.8 Å². The third kappa shape index (κ3) is 2.50. The van der Waals surface area contributed by atoms with Gasteiger partial charge >= 0.3 is 0 Å². The van der Waals surface area contributed by atoms with Crippen molar-refractivity contribution in [3.8, 4) is 0 Å². The first-order valence-corrected chi connectivity index (χ1v) is 7.15. The van der Waals surface area contributed by atoms with Crippen molar-refractivity contribution in [2.24, 2.45) is 0 Å². The number of hydrogen-bond donors (Lipinski definition) is 1. The number of aromatic nitrogens is 3. The molecular formula is C14H21N5. The molecule has 1 N–H and O–H groups in total. The van der Waals surface area contributed by atoms with Gasteiger partial charge in [-0.15, -0.1) is 0 Å². The minimum Gasteiger partial charge on any atom is -0.372 e. The van der Waals surface area contributed by atoms with Crippen molar-refractivity contribution < 1.29 is 0 Å².